The van der Waals surface area contributed by atoms with E-state index in [4.69, 9.17) is 4.74 Å². The fraction of sp³-hybridized carbons (Fsp3) is 0.438. The van der Waals surface area contributed by atoms with Crippen LogP contribution in [0.3, 0.4) is 0 Å². The van der Waals surface area contributed by atoms with E-state index in [9.17, 15) is 14.7 Å². The number of ether oxygens (including phenoxy) is 1. The van der Waals surface area contributed by atoms with Gasteiger partial charge in [0.2, 0.25) is 0 Å². The van der Waals surface area contributed by atoms with E-state index in [0.29, 0.717) is 24.4 Å². The van der Waals surface area contributed by atoms with Gasteiger partial charge in [0.15, 0.2) is 11.5 Å². The number of carbonyl (C=O) groups is 2. The first-order valence-electron chi connectivity index (χ1n) is 7.61. The predicted octanol–water partition coefficient (Wildman–Crippen LogP) is 1.25. The molecular formula is C16H21N3O4. The van der Waals surface area contributed by atoms with Crippen molar-refractivity contribution in [2.45, 2.75) is 25.7 Å². The summed E-state index contributed by atoms with van der Waals surface area (Å²) >= 11 is 0. The Morgan fingerprint density at radius 2 is 1.96 bits per heavy atom. The summed E-state index contributed by atoms with van der Waals surface area (Å²) in [5.41, 5.74) is 2.80. The van der Waals surface area contributed by atoms with E-state index in [1.807, 2.05) is 0 Å². The van der Waals surface area contributed by atoms with Gasteiger partial charge in [-0.05, 0) is 36.6 Å². The van der Waals surface area contributed by atoms with Crippen LogP contribution in [-0.4, -0.2) is 48.2 Å². The number of nitrogens with zero attached hydrogens (tertiary/aromatic N) is 2. The maximum Gasteiger partial charge on any atom is 0.329 e. The van der Waals surface area contributed by atoms with Gasteiger partial charge in [0.1, 0.15) is 0 Å². The van der Waals surface area contributed by atoms with Crippen molar-refractivity contribution < 1.29 is 19.4 Å². The summed E-state index contributed by atoms with van der Waals surface area (Å²) in [7, 11) is 1.46. The molecule has 23 heavy (non-hydrogen) atoms. The van der Waals surface area contributed by atoms with Crippen molar-refractivity contribution in [1.82, 2.24) is 10.3 Å². The van der Waals surface area contributed by atoms with Crippen molar-refractivity contribution in [3.63, 3.8) is 0 Å². The predicted molar refractivity (Wildman–Crippen MR) is 85.4 cm³/mol. The molecular weight excluding hydrogens is 298 g/mol. The van der Waals surface area contributed by atoms with Crippen LogP contribution < -0.4 is 10.2 Å². The van der Waals surface area contributed by atoms with Gasteiger partial charge in [-0.15, -0.1) is 0 Å². The fourth-order valence-corrected chi connectivity index (χ4v) is 2.42. The van der Waals surface area contributed by atoms with Crippen LogP contribution in [0.2, 0.25) is 0 Å². The van der Waals surface area contributed by atoms with Crippen molar-refractivity contribution in [1.29, 1.82) is 0 Å². The molecule has 1 aromatic carbocycles. The number of amides is 2. The van der Waals surface area contributed by atoms with Crippen molar-refractivity contribution in [3.8, 4) is 11.5 Å². The minimum Gasteiger partial charge on any atom is -0.504 e. The molecule has 2 amide bonds. The Labute approximate surface area is 134 Å². The van der Waals surface area contributed by atoms with E-state index in [2.05, 4.69) is 10.5 Å². The average Bonchev–Trinajstić information content (AvgIpc) is 2.83. The lowest BCUT2D eigenvalue weighted by Crippen LogP contribution is -2.41. The third-order valence-corrected chi connectivity index (χ3v) is 3.67. The summed E-state index contributed by atoms with van der Waals surface area (Å²) in [6, 6.07) is 4.71. The highest BCUT2D eigenvalue weighted by molar-refractivity contribution is 6.35. The van der Waals surface area contributed by atoms with Crippen molar-refractivity contribution in [2.75, 3.05) is 20.2 Å². The largest absolute Gasteiger partial charge is 0.504 e. The minimum atomic E-state index is -0.749. The summed E-state index contributed by atoms with van der Waals surface area (Å²) in [5, 5.41) is 13.4. The second kappa shape index (κ2) is 8.17. The first kappa shape index (κ1) is 16.8. The first-order valence-corrected chi connectivity index (χ1v) is 7.61. The number of aromatic hydroxyl groups is 1. The van der Waals surface area contributed by atoms with Crippen molar-refractivity contribution >= 4 is 18.0 Å². The van der Waals surface area contributed by atoms with E-state index >= 15 is 0 Å². The van der Waals surface area contributed by atoms with E-state index in [0.717, 1.165) is 25.7 Å². The van der Waals surface area contributed by atoms with Crippen LogP contribution in [0.4, 0.5) is 0 Å². The molecule has 2 rings (SSSR count). The molecule has 0 bridgehead atoms. The monoisotopic (exact) mass is 319 g/mol. The molecule has 0 atom stereocenters. The third kappa shape index (κ3) is 4.70. The number of methoxy groups -OCH3 is 1. The maximum absolute atomic E-state index is 12.0. The van der Waals surface area contributed by atoms with E-state index in [1.54, 1.807) is 17.0 Å². The lowest BCUT2D eigenvalue weighted by atomic mass is 10.2. The van der Waals surface area contributed by atoms with Gasteiger partial charge < -0.3 is 14.7 Å². The number of hydrazone groups is 1. The molecule has 1 heterocycles. The van der Waals surface area contributed by atoms with Gasteiger partial charge >= 0.3 is 11.8 Å². The number of nitrogens with one attached hydrogen (secondary N) is 1. The molecule has 1 aliphatic heterocycles. The Morgan fingerprint density at radius 1 is 1.26 bits per heavy atom. The van der Waals surface area contributed by atoms with Crippen molar-refractivity contribution in [3.05, 3.63) is 23.8 Å². The van der Waals surface area contributed by atoms with Gasteiger partial charge in [-0.1, -0.05) is 12.8 Å². The SMILES string of the molecule is COc1ccc(/C=N/NC(=O)C(=O)N2CCCCCC2)cc1O. The van der Waals surface area contributed by atoms with Crippen LogP contribution in [0.25, 0.3) is 0 Å². The molecule has 1 fully saturated rings. The first-order chi connectivity index (χ1) is 11.1. The molecule has 124 valence electrons. The number of hydrogen-bond donors (Lipinski definition) is 2. The molecule has 1 aliphatic rings. The summed E-state index contributed by atoms with van der Waals surface area (Å²) in [5.74, 6) is -0.978. The summed E-state index contributed by atoms with van der Waals surface area (Å²) in [6.07, 6.45) is 5.38. The quantitative estimate of drug-likeness (QED) is 0.498. The molecule has 0 unspecified atom stereocenters. The van der Waals surface area contributed by atoms with Gasteiger partial charge in [0.25, 0.3) is 0 Å². The number of phenolic OH excluding ortho intramolecular Hbond substituents is 1. The zero-order chi connectivity index (χ0) is 16.7. The van der Waals surface area contributed by atoms with E-state index < -0.39 is 11.8 Å². The second-order valence-electron chi connectivity index (χ2n) is 5.34. The van der Waals surface area contributed by atoms with E-state index in [-0.39, 0.29) is 5.75 Å². The van der Waals surface area contributed by atoms with Crippen LogP contribution in [0, 0.1) is 0 Å². The van der Waals surface area contributed by atoms with Crippen LogP contribution in [-0.2, 0) is 9.59 Å². The Hall–Kier alpha value is -2.57. The standard InChI is InChI=1S/C16H21N3O4/c1-23-14-7-6-12(10-13(14)20)11-17-18-15(21)16(22)19-8-4-2-3-5-9-19/h6-7,10-11,20H,2-5,8-9H2,1H3,(H,18,21)/b17-11+. The summed E-state index contributed by atoms with van der Waals surface area (Å²) in [4.78, 5) is 25.4. The number of hydrogen-bond acceptors (Lipinski definition) is 5. The van der Waals surface area contributed by atoms with Gasteiger partial charge in [0.05, 0.1) is 13.3 Å². The number of likely N-dealkylation sites (tertiary alicyclic amines) is 1. The Balaban J connectivity index is 1.90. The number of carbonyl (C=O) groups excluding carboxylic acids is 2. The lowest BCUT2D eigenvalue weighted by molar-refractivity contribution is -0.145. The zero-order valence-corrected chi connectivity index (χ0v) is 13.1. The lowest BCUT2D eigenvalue weighted by Gasteiger charge is -2.18. The van der Waals surface area contributed by atoms with Gasteiger partial charge in [0, 0.05) is 13.1 Å². The van der Waals surface area contributed by atoms with E-state index in [1.165, 1.54) is 19.4 Å². The molecule has 7 nitrogen and oxygen atoms in total. The molecule has 0 aromatic heterocycles. The highest BCUT2D eigenvalue weighted by atomic mass is 16.5. The van der Waals surface area contributed by atoms with Gasteiger partial charge in [-0.2, -0.15) is 5.10 Å². The number of phenols is 1. The zero-order valence-electron chi connectivity index (χ0n) is 13.1. The minimum absolute atomic E-state index is 0.0246. The van der Waals surface area contributed by atoms with Gasteiger partial charge in [-0.25, -0.2) is 5.43 Å². The Kier molecular flexibility index (Phi) is 5.96. The van der Waals surface area contributed by atoms with Crippen LogP contribution in [0.5, 0.6) is 11.5 Å². The normalized spacial score (nSPS) is 15.3. The highest BCUT2D eigenvalue weighted by Crippen LogP contribution is 2.25. The summed E-state index contributed by atoms with van der Waals surface area (Å²) in [6.45, 7) is 1.23. The number of rotatable bonds is 3. The number of benzene rings is 1. The van der Waals surface area contributed by atoms with Gasteiger partial charge in [-0.3, -0.25) is 9.59 Å². The van der Waals surface area contributed by atoms with Crippen LogP contribution >= 0.6 is 0 Å². The molecule has 7 heteroatoms. The van der Waals surface area contributed by atoms with Crippen LogP contribution in [0.1, 0.15) is 31.2 Å². The molecule has 0 spiro atoms. The van der Waals surface area contributed by atoms with Crippen LogP contribution in [0.15, 0.2) is 23.3 Å². The maximum atomic E-state index is 12.0. The molecule has 0 radical (unpaired) electrons. The third-order valence-electron chi connectivity index (χ3n) is 3.67. The van der Waals surface area contributed by atoms with Crippen molar-refractivity contribution in [2.24, 2.45) is 5.10 Å². The second-order valence-corrected chi connectivity index (χ2v) is 5.34. The fourth-order valence-electron chi connectivity index (χ4n) is 2.42. The Bertz CT molecular complexity index is 593. The molecule has 0 saturated carbocycles. The highest BCUT2D eigenvalue weighted by Gasteiger charge is 2.22. The molecule has 0 aliphatic carbocycles. The Morgan fingerprint density at radius 3 is 2.57 bits per heavy atom. The molecule has 1 aromatic rings. The smallest absolute Gasteiger partial charge is 0.329 e. The topological polar surface area (TPSA) is 91.2 Å². The summed E-state index contributed by atoms with van der Waals surface area (Å²) < 4.78 is 4.94. The average molecular weight is 319 g/mol. The molecule has 1 saturated heterocycles. The molecule has 2 N–H and O–H groups in total.